The highest BCUT2D eigenvalue weighted by Crippen LogP contribution is 2.12. The van der Waals surface area contributed by atoms with Crippen LogP contribution < -0.4 is 0 Å². The lowest BCUT2D eigenvalue weighted by Gasteiger charge is -2.08. The average Bonchev–Trinajstić information content (AvgIpc) is 2.11. The molecule has 0 aliphatic carbocycles. The molecule has 0 amide bonds. The summed E-state index contributed by atoms with van der Waals surface area (Å²) in [6.45, 7) is 1.79. The number of rotatable bonds is 3. The van der Waals surface area contributed by atoms with Crippen molar-refractivity contribution < 1.29 is 13.9 Å². The van der Waals surface area contributed by atoms with Crippen LogP contribution >= 0.6 is 0 Å². The zero-order valence-electron chi connectivity index (χ0n) is 7.43. The molecule has 13 heavy (non-hydrogen) atoms. The van der Waals surface area contributed by atoms with E-state index in [1.165, 1.54) is 0 Å². The van der Waals surface area contributed by atoms with E-state index in [9.17, 15) is 13.9 Å². The van der Waals surface area contributed by atoms with Gasteiger partial charge in [0, 0.05) is 6.42 Å². The predicted molar refractivity (Wildman–Crippen MR) is 46.4 cm³/mol. The minimum Gasteiger partial charge on any atom is -0.393 e. The van der Waals surface area contributed by atoms with Crippen LogP contribution in [-0.2, 0) is 6.42 Å². The summed E-state index contributed by atoms with van der Waals surface area (Å²) in [6.07, 6.45) is 0.104. The first-order valence-corrected chi connectivity index (χ1v) is 4.25. The third-order valence-corrected chi connectivity index (χ3v) is 1.93. The summed E-state index contributed by atoms with van der Waals surface area (Å²) in [6, 6.07) is 3.26. The first-order chi connectivity index (χ1) is 6.13. The van der Waals surface area contributed by atoms with Gasteiger partial charge in [-0.05, 0) is 30.2 Å². The van der Waals surface area contributed by atoms with Crippen molar-refractivity contribution in [3.8, 4) is 0 Å². The lowest BCUT2D eigenvalue weighted by Crippen LogP contribution is -2.09. The van der Waals surface area contributed by atoms with Gasteiger partial charge in [-0.3, -0.25) is 0 Å². The second-order valence-corrected chi connectivity index (χ2v) is 3.00. The zero-order valence-corrected chi connectivity index (χ0v) is 7.43. The molecule has 1 atom stereocenters. The fourth-order valence-corrected chi connectivity index (χ4v) is 1.10. The van der Waals surface area contributed by atoms with Crippen LogP contribution in [-0.4, -0.2) is 11.2 Å². The van der Waals surface area contributed by atoms with Crippen LogP contribution in [0.25, 0.3) is 0 Å². The maximum atomic E-state index is 13.0. The Morgan fingerprint density at radius 2 is 2.08 bits per heavy atom. The minimum absolute atomic E-state index is 0.167. The Balaban J connectivity index is 2.81. The molecule has 1 aromatic carbocycles. The Morgan fingerprint density at radius 3 is 2.69 bits per heavy atom. The molecule has 1 aromatic rings. The van der Waals surface area contributed by atoms with Gasteiger partial charge in [0.25, 0.3) is 0 Å². The summed E-state index contributed by atoms with van der Waals surface area (Å²) >= 11 is 0. The monoisotopic (exact) mass is 186 g/mol. The quantitative estimate of drug-likeness (QED) is 0.767. The Bertz CT molecular complexity index is 286. The molecular formula is C10H12F2O. The van der Waals surface area contributed by atoms with Gasteiger partial charge in [-0.1, -0.05) is 6.92 Å². The van der Waals surface area contributed by atoms with E-state index in [1.807, 2.05) is 0 Å². The zero-order chi connectivity index (χ0) is 9.84. The van der Waals surface area contributed by atoms with E-state index in [2.05, 4.69) is 0 Å². The van der Waals surface area contributed by atoms with Gasteiger partial charge >= 0.3 is 0 Å². The molecule has 1 N–H and O–H groups in total. The predicted octanol–water partition coefficient (Wildman–Crippen LogP) is 2.28. The maximum absolute atomic E-state index is 13.0. The number of hydrogen-bond donors (Lipinski definition) is 1. The second-order valence-electron chi connectivity index (χ2n) is 3.00. The van der Waals surface area contributed by atoms with E-state index in [-0.39, 0.29) is 12.0 Å². The van der Waals surface area contributed by atoms with E-state index in [1.54, 1.807) is 6.92 Å². The fourth-order valence-electron chi connectivity index (χ4n) is 1.10. The number of benzene rings is 1. The normalized spacial score (nSPS) is 12.9. The molecule has 0 aliphatic heterocycles. The minimum atomic E-state index is -0.601. The van der Waals surface area contributed by atoms with Crippen molar-refractivity contribution in [1.29, 1.82) is 0 Å². The van der Waals surface area contributed by atoms with E-state index in [0.717, 1.165) is 18.2 Å². The number of aliphatic hydroxyl groups excluding tert-OH is 1. The summed E-state index contributed by atoms with van der Waals surface area (Å²) in [5.41, 5.74) is 0.231. The van der Waals surface area contributed by atoms with Crippen molar-refractivity contribution in [2.45, 2.75) is 25.9 Å². The van der Waals surface area contributed by atoms with Gasteiger partial charge in [-0.15, -0.1) is 0 Å². The molecule has 0 unspecified atom stereocenters. The fraction of sp³-hybridized carbons (Fsp3) is 0.400. The topological polar surface area (TPSA) is 20.2 Å². The molecule has 0 spiro atoms. The van der Waals surface area contributed by atoms with E-state index < -0.39 is 17.7 Å². The molecular weight excluding hydrogens is 174 g/mol. The molecule has 1 rings (SSSR count). The summed E-state index contributed by atoms with van der Waals surface area (Å²) in [5, 5.41) is 9.24. The van der Waals surface area contributed by atoms with Gasteiger partial charge < -0.3 is 5.11 Å². The van der Waals surface area contributed by atoms with E-state index in [4.69, 9.17) is 0 Å². The van der Waals surface area contributed by atoms with Crippen molar-refractivity contribution >= 4 is 0 Å². The van der Waals surface area contributed by atoms with E-state index >= 15 is 0 Å². The summed E-state index contributed by atoms with van der Waals surface area (Å²) in [7, 11) is 0. The number of halogens is 2. The number of hydrogen-bond acceptors (Lipinski definition) is 1. The van der Waals surface area contributed by atoms with Crippen LogP contribution in [0.15, 0.2) is 18.2 Å². The Hall–Kier alpha value is -0.960. The summed E-state index contributed by atoms with van der Waals surface area (Å²) in [4.78, 5) is 0. The van der Waals surface area contributed by atoms with Gasteiger partial charge in [0.05, 0.1) is 6.10 Å². The first kappa shape index (κ1) is 10.1. The second kappa shape index (κ2) is 4.33. The summed E-state index contributed by atoms with van der Waals surface area (Å²) in [5.74, 6) is -0.936. The third kappa shape index (κ3) is 2.77. The van der Waals surface area contributed by atoms with Crippen LogP contribution in [0.4, 0.5) is 8.78 Å². The van der Waals surface area contributed by atoms with Gasteiger partial charge in [0.15, 0.2) is 0 Å². The van der Waals surface area contributed by atoms with E-state index in [0.29, 0.717) is 6.42 Å². The first-order valence-electron chi connectivity index (χ1n) is 4.25. The Labute approximate surface area is 76.0 Å². The largest absolute Gasteiger partial charge is 0.393 e. The van der Waals surface area contributed by atoms with Crippen molar-refractivity contribution in [2.24, 2.45) is 0 Å². The van der Waals surface area contributed by atoms with Crippen molar-refractivity contribution in [3.63, 3.8) is 0 Å². The van der Waals surface area contributed by atoms with Crippen LogP contribution in [0.1, 0.15) is 18.9 Å². The Kier molecular flexibility index (Phi) is 3.37. The molecule has 1 nitrogen and oxygen atoms in total. The molecule has 0 aliphatic rings. The van der Waals surface area contributed by atoms with Gasteiger partial charge in [-0.2, -0.15) is 0 Å². The van der Waals surface area contributed by atoms with Crippen molar-refractivity contribution in [3.05, 3.63) is 35.4 Å². The molecule has 72 valence electrons. The molecule has 0 saturated carbocycles. The SMILES string of the molecule is CC[C@H](O)Cc1cc(F)ccc1F. The summed E-state index contributed by atoms with van der Waals surface area (Å²) < 4.78 is 25.6. The lowest BCUT2D eigenvalue weighted by molar-refractivity contribution is 0.169. The van der Waals surface area contributed by atoms with Crippen LogP contribution in [0, 0.1) is 11.6 Å². The average molecular weight is 186 g/mol. The van der Waals surface area contributed by atoms with Gasteiger partial charge in [0.2, 0.25) is 0 Å². The number of aliphatic hydroxyl groups is 1. The van der Waals surface area contributed by atoms with Crippen molar-refractivity contribution in [1.82, 2.24) is 0 Å². The molecule has 0 heterocycles. The highest BCUT2D eigenvalue weighted by molar-refractivity contribution is 5.19. The van der Waals surface area contributed by atoms with Crippen molar-refractivity contribution in [2.75, 3.05) is 0 Å². The van der Waals surface area contributed by atoms with Crippen LogP contribution in [0.2, 0.25) is 0 Å². The molecule has 3 heteroatoms. The standard InChI is InChI=1S/C10H12F2O/c1-2-9(13)6-7-5-8(11)3-4-10(7)12/h3-5,9,13H,2,6H2,1H3/t9-/m0/s1. The highest BCUT2D eigenvalue weighted by Gasteiger charge is 2.08. The molecule has 0 bridgehead atoms. The third-order valence-electron chi connectivity index (χ3n) is 1.93. The smallest absolute Gasteiger partial charge is 0.126 e. The van der Waals surface area contributed by atoms with Crippen LogP contribution in [0.3, 0.4) is 0 Å². The van der Waals surface area contributed by atoms with Crippen LogP contribution in [0.5, 0.6) is 0 Å². The Morgan fingerprint density at radius 1 is 1.38 bits per heavy atom. The molecule has 0 aromatic heterocycles. The highest BCUT2D eigenvalue weighted by atomic mass is 19.1. The molecule has 0 fully saturated rings. The van der Waals surface area contributed by atoms with Gasteiger partial charge in [0.1, 0.15) is 11.6 Å². The van der Waals surface area contributed by atoms with Gasteiger partial charge in [-0.25, -0.2) is 8.78 Å². The maximum Gasteiger partial charge on any atom is 0.126 e. The molecule has 0 radical (unpaired) electrons. The molecule has 0 saturated heterocycles. The lowest BCUT2D eigenvalue weighted by atomic mass is 10.1.